The van der Waals surface area contributed by atoms with Crippen molar-refractivity contribution in [1.82, 2.24) is 9.97 Å². The Labute approximate surface area is 96.6 Å². The smallest absolute Gasteiger partial charge is 0.354 e. The van der Waals surface area contributed by atoms with E-state index in [9.17, 15) is 4.79 Å². The fourth-order valence-electron chi connectivity index (χ4n) is 1.22. The summed E-state index contributed by atoms with van der Waals surface area (Å²) in [5.41, 5.74) is 1.47. The number of halogens is 1. The summed E-state index contributed by atoms with van der Waals surface area (Å²) in [5.74, 6) is -1.05. The second-order valence-corrected chi connectivity index (χ2v) is 3.54. The van der Waals surface area contributed by atoms with Gasteiger partial charge in [0.15, 0.2) is 0 Å². The molecule has 16 heavy (non-hydrogen) atoms. The number of aromatic carboxylic acids is 1. The van der Waals surface area contributed by atoms with Crippen molar-refractivity contribution in [1.29, 1.82) is 0 Å². The van der Waals surface area contributed by atoms with Crippen LogP contribution < -0.4 is 0 Å². The standard InChI is InChI=1S/C11H7ClN2O2/c12-8-2-4-9(14-6-8)7-1-3-10(11(15)16)13-5-7/h1-6H,(H,15,16). The summed E-state index contributed by atoms with van der Waals surface area (Å²) in [6.07, 6.45) is 3.00. The maximum absolute atomic E-state index is 10.6. The molecular weight excluding hydrogens is 228 g/mol. The lowest BCUT2D eigenvalue weighted by Crippen LogP contribution is -1.99. The number of carboxylic acid groups (broad SMARTS) is 1. The number of carboxylic acids is 1. The van der Waals surface area contributed by atoms with E-state index < -0.39 is 5.97 Å². The van der Waals surface area contributed by atoms with Gasteiger partial charge in [-0.3, -0.25) is 4.98 Å². The summed E-state index contributed by atoms with van der Waals surface area (Å²) in [7, 11) is 0. The van der Waals surface area contributed by atoms with Crippen LogP contribution in [-0.4, -0.2) is 21.0 Å². The van der Waals surface area contributed by atoms with Gasteiger partial charge in [-0.25, -0.2) is 9.78 Å². The van der Waals surface area contributed by atoms with Crippen molar-refractivity contribution in [2.75, 3.05) is 0 Å². The van der Waals surface area contributed by atoms with E-state index in [2.05, 4.69) is 9.97 Å². The maximum atomic E-state index is 10.6. The summed E-state index contributed by atoms with van der Waals surface area (Å²) in [6.45, 7) is 0. The first-order valence-electron chi connectivity index (χ1n) is 4.48. The van der Waals surface area contributed by atoms with E-state index in [0.717, 1.165) is 5.56 Å². The predicted molar refractivity (Wildman–Crippen MR) is 59.4 cm³/mol. The van der Waals surface area contributed by atoms with E-state index in [1.165, 1.54) is 18.5 Å². The van der Waals surface area contributed by atoms with Crippen LogP contribution in [0.1, 0.15) is 10.5 Å². The van der Waals surface area contributed by atoms with E-state index in [1.54, 1.807) is 18.2 Å². The number of nitrogens with zero attached hydrogens (tertiary/aromatic N) is 2. The molecule has 80 valence electrons. The highest BCUT2D eigenvalue weighted by Crippen LogP contribution is 2.17. The van der Waals surface area contributed by atoms with Crippen LogP contribution in [0.3, 0.4) is 0 Å². The molecule has 0 unspecified atom stereocenters. The van der Waals surface area contributed by atoms with Crippen molar-refractivity contribution >= 4 is 17.6 Å². The molecule has 0 radical (unpaired) electrons. The molecule has 2 aromatic rings. The van der Waals surface area contributed by atoms with Crippen LogP contribution in [-0.2, 0) is 0 Å². The Hall–Kier alpha value is -1.94. The number of rotatable bonds is 2. The van der Waals surface area contributed by atoms with Crippen molar-refractivity contribution in [3.05, 3.63) is 47.4 Å². The Morgan fingerprint density at radius 1 is 1.12 bits per heavy atom. The topological polar surface area (TPSA) is 63.1 Å². The summed E-state index contributed by atoms with van der Waals surface area (Å²) >= 11 is 5.71. The molecule has 4 nitrogen and oxygen atoms in total. The molecule has 0 fully saturated rings. The third-order valence-electron chi connectivity index (χ3n) is 2.01. The lowest BCUT2D eigenvalue weighted by Gasteiger charge is -2.00. The zero-order valence-corrected chi connectivity index (χ0v) is 8.85. The SMILES string of the molecule is O=C(O)c1ccc(-c2ccc(Cl)cn2)cn1. The largest absolute Gasteiger partial charge is 0.477 e. The molecule has 2 aromatic heterocycles. The van der Waals surface area contributed by atoms with Crippen LogP contribution in [0.2, 0.25) is 5.02 Å². The third-order valence-corrected chi connectivity index (χ3v) is 2.23. The molecule has 0 spiro atoms. The van der Waals surface area contributed by atoms with Crippen LogP contribution in [0.4, 0.5) is 0 Å². The highest BCUT2D eigenvalue weighted by molar-refractivity contribution is 6.30. The summed E-state index contributed by atoms with van der Waals surface area (Å²) in [5, 5.41) is 9.24. The number of pyridine rings is 2. The van der Waals surface area contributed by atoms with Crippen molar-refractivity contribution in [3.63, 3.8) is 0 Å². The first kappa shape index (κ1) is 10.6. The van der Waals surface area contributed by atoms with Gasteiger partial charge in [0.05, 0.1) is 10.7 Å². The zero-order valence-electron chi connectivity index (χ0n) is 8.09. The summed E-state index contributed by atoms with van der Waals surface area (Å²) in [6, 6.07) is 6.56. The molecule has 2 heterocycles. The van der Waals surface area contributed by atoms with Gasteiger partial charge in [-0.15, -0.1) is 0 Å². The predicted octanol–water partition coefficient (Wildman–Crippen LogP) is 2.50. The fourth-order valence-corrected chi connectivity index (χ4v) is 1.33. The van der Waals surface area contributed by atoms with Gasteiger partial charge in [0.25, 0.3) is 0 Å². The molecule has 5 heteroatoms. The number of hydrogen-bond donors (Lipinski definition) is 1. The van der Waals surface area contributed by atoms with Gasteiger partial charge >= 0.3 is 5.97 Å². The molecule has 0 amide bonds. The monoisotopic (exact) mass is 234 g/mol. The first-order valence-corrected chi connectivity index (χ1v) is 4.86. The van der Waals surface area contributed by atoms with Crippen molar-refractivity contribution in [3.8, 4) is 11.3 Å². The van der Waals surface area contributed by atoms with E-state index in [1.807, 2.05) is 0 Å². The normalized spacial score (nSPS) is 10.1. The molecular formula is C11H7ClN2O2. The minimum atomic E-state index is -1.05. The maximum Gasteiger partial charge on any atom is 0.354 e. The van der Waals surface area contributed by atoms with Gasteiger partial charge in [0.1, 0.15) is 5.69 Å². The number of hydrogen-bond acceptors (Lipinski definition) is 3. The van der Waals surface area contributed by atoms with Gasteiger partial charge in [-0.2, -0.15) is 0 Å². The second kappa shape index (κ2) is 4.28. The average Bonchev–Trinajstić information content (AvgIpc) is 2.30. The highest BCUT2D eigenvalue weighted by Gasteiger charge is 2.05. The van der Waals surface area contributed by atoms with E-state index in [-0.39, 0.29) is 5.69 Å². The first-order chi connectivity index (χ1) is 7.66. The van der Waals surface area contributed by atoms with E-state index in [0.29, 0.717) is 10.7 Å². The third kappa shape index (κ3) is 2.17. The molecule has 0 aliphatic heterocycles. The molecule has 0 saturated heterocycles. The van der Waals surface area contributed by atoms with Crippen LogP contribution in [0.5, 0.6) is 0 Å². The van der Waals surface area contributed by atoms with Crippen molar-refractivity contribution in [2.24, 2.45) is 0 Å². The summed E-state index contributed by atoms with van der Waals surface area (Å²) < 4.78 is 0. The zero-order chi connectivity index (χ0) is 11.5. The molecule has 0 atom stereocenters. The van der Waals surface area contributed by atoms with Gasteiger partial charge < -0.3 is 5.11 Å². The Morgan fingerprint density at radius 3 is 2.44 bits per heavy atom. The minimum Gasteiger partial charge on any atom is -0.477 e. The Bertz CT molecular complexity index is 509. The van der Waals surface area contributed by atoms with Crippen LogP contribution in [0, 0.1) is 0 Å². The highest BCUT2D eigenvalue weighted by atomic mass is 35.5. The second-order valence-electron chi connectivity index (χ2n) is 3.10. The Balaban J connectivity index is 2.34. The molecule has 0 bridgehead atoms. The van der Waals surface area contributed by atoms with Gasteiger partial charge in [-0.1, -0.05) is 11.6 Å². The van der Waals surface area contributed by atoms with Gasteiger partial charge in [0.2, 0.25) is 0 Å². The fraction of sp³-hybridized carbons (Fsp3) is 0. The molecule has 0 aliphatic rings. The van der Waals surface area contributed by atoms with Gasteiger partial charge in [-0.05, 0) is 24.3 Å². The van der Waals surface area contributed by atoms with Crippen LogP contribution in [0.25, 0.3) is 11.3 Å². The van der Waals surface area contributed by atoms with Crippen molar-refractivity contribution < 1.29 is 9.90 Å². The van der Waals surface area contributed by atoms with Crippen molar-refractivity contribution in [2.45, 2.75) is 0 Å². The Kier molecular flexibility index (Phi) is 2.83. The number of aromatic nitrogens is 2. The Morgan fingerprint density at radius 2 is 1.94 bits per heavy atom. The average molecular weight is 235 g/mol. The molecule has 0 aliphatic carbocycles. The molecule has 2 rings (SSSR count). The lowest BCUT2D eigenvalue weighted by molar-refractivity contribution is 0.0690. The quantitative estimate of drug-likeness (QED) is 0.867. The van der Waals surface area contributed by atoms with Gasteiger partial charge in [0, 0.05) is 18.0 Å². The lowest BCUT2D eigenvalue weighted by atomic mass is 10.2. The summed E-state index contributed by atoms with van der Waals surface area (Å²) in [4.78, 5) is 18.5. The van der Waals surface area contributed by atoms with Crippen LogP contribution in [0.15, 0.2) is 36.7 Å². The molecule has 1 N–H and O–H groups in total. The number of carbonyl (C=O) groups is 1. The van der Waals surface area contributed by atoms with E-state index in [4.69, 9.17) is 16.7 Å². The molecule has 0 aromatic carbocycles. The van der Waals surface area contributed by atoms with Crippen LogP contribution >= 0.6 is 11.6 Å². The molecule has 0 saturated carbocycles. The minimum absolute atomic E-state index is 0.0118. The van der Waals surface area contributed by atoms with E-state index >= 15 is 0 Å².